The second kappa shape index (κ2) is 7.58. The summed E-state index contributed by atoms with van der Waals surface area (Å²) in [5, 5.41) is 8.44. The van der Waals surface area contributed by atoms with E-state index in [9.17, 15) is 0 Å². The summed E-state index contributed by atoms with van der Waals surface area (Å²) >= 11 is 0. The van der Waals surface area contributed by atoms with Crippen LogP contribution in [0, 0.1) is 11.3 Å². The van der Waals surface area contributed by atoms with Crippen LogP contribution in [0.3, 0.4) is 0 Å². The fourth-order valence-corrected chi connectivity index (χ4v) is 2.68. The van der Waals surface area contributed by atoms with Crippen molar-refractivity contribution in [3.05, 3.63) is 11.8 Å². The lowest BCUT2D eigenvalue weighted by Gasteiger charge is -2.24. The number of nitrogens with zero attached hydrogens (tertiary/aromatic N) is 1. The van der Waals surface area contributed by atoms with Crippen molar-refractivity contribution in [3.63, 3.8) is 0 Å². The molecule has 0 heterocycles. The lowest BCUT2D eigenvalue weighted by atomic mass is 10.1. The first-order valence-corrected chi connectivity index (χ1v) is 7.12. The molecular formula is C11H21NO4Si. The minimum absolute atomic E-state index is 0.374. The van der Waals surface area contributed by atoms with E-state index in [1.165, 1.54) is 0 Å². The molecule has 0 aromatic rings. The van der Waals surface area contributed by atoms with E-state index < -0.39 is 14.4 Å². The van der Waals surface area contributed by atoms with Gasteiger partial charge in [-0.3, -0.25) is 0 Å². The molecule has 17 heavy (non-hydrogen) atoms. The Kier molecular flexibility index (Phi) is 7.26. The van der Waals surface area contributed by atoms with Gasteiger partial charge in [-0.05, 0) is 19.5 Å². The molecule has 0 amide bonds. The summed E-state index contributed by atoms with van der Waals surface area (Å²) in [5.41, 5.74) is 1.30. The van der Waals surface area contributed by atoms with Gasteiger partial charge in [0.15, 0.2) is 0 Å². The quantitative estimate of drug-likeness (QED) is 0.490. The van der Waals surface area contributed by atoms with E-state index in [0.29, 0.717) is 13.0 Å². The number of hydrogen-bond donors (Lipinski definition) is 0. The van der Waals surface area contributed by atoms with Crippen LogP contribution in [-0.2, 0) is 18.0 Å². The Balaban J connectivity index is 4.51. The highest BCUT2D eigenvalue weighted by Crippen LogP contribution is 2.15. The summed E-state index contributed by atoms with van der Waals surface area (Å²) in [7, 11) is 1.95. The normalized spacial score (nSPS) is 12.9. The Morgan fingerprint density at radius 3 is 2.12 bits per heavy atom. The predicted octanol–water partition coefficient (Wildman–Crippen LogP) is 1.67. The number of nitriles is 1. The van der Waals surface area contributed by atoms with Gasteiger partial charge in [-0.2, -0.15) is 5.26 Å². The van der Waals surface area contributed by atoms with Crippen LogP contribution in [0.2, 0.25) is 0 Å². The van der Waals surface area contributed by atoms with E-state index in [1.807, 2.05) is 26.0 Å². The summed E-state index contributed by atoms with van der Waals surface area (Å²) in [6, 6.07) is 2.03. The molecular weight excluding hydrogens is 238 g/mol. The van der Waals surface area contributed by atoms with Crippen molar-refractivity contribution in [2.24, 2.45) is 0 Å². The number of rotatable bonds is 8. The van der Waals surface area contributed by atoms with Gasteiger partial charge < -0.3 is 18.0 Å². The molecule has 0 fully saturated rings. The molecule has 0 bridgehead atoms. The molecule has 0 aliphatic carbocycles. The Labute approximate surface area is 104 Å². The number of ether oxygens (including phenoxy) is 1. The molecule has 0 spiro atoms. The summed E-state index contributed by atoms with van der Waals surface area (Å²) in [6.07, 6.45) is 2.21. The molecule has 0 saturated heterocycles. The third-order valence-corrected chi connectivity index (χ3v) is 4.51. The molecule has 0 aromatic carbocycles. The monoisotopic (exact) mass is 259 g/mol. The average Bonchev–Trinajstić information content (AvgIpc) is 2.32. The van der Waals surface area contributed by atoms with E-state index in [0.717, 1.165) is 0 Å². The smallest absolute Gasteiger partial charge is 0.374 e. The largest absolute Gasteiger partial charge is 0.528 e. The summed E-state index contributed by atoms with van der Waals surface area (Å²) in [4.78, 5) is 0. The maximum absolute atomic E-state index is 8.44. The van der Waals surface area contributed by atoms with Crippen LogP contribution in [0.25, 0.3) is 0 Å². The van der Waals surface area contributed by atoms with Crippen molar-refractivity contribution in [3.8, 4) is 6.07 Å². The van der Waals surface area contributed by atoms with Crippen LogP contribution in [-0.4, -0.2) is 42.3 Å². The fraction of sp³-hybridized carbons (Fsp3) is 0.727. The lowest BCUT2D eigenvalue weighted by Crippen LogP contribution is -2.41. The SMILES string of the molecule is CO[Si](C=CC(C)(C)OCCC#N)(OC)OC. The molecule has 0 atom stereocenters. The molecule has 0 unspecified atom stereocenters. The van der Waals surface area contributed by atoms with Crippen LogP contribution in [0.5, 0.6) is 0 Å². The molecule has 6 heteroatoms. The highest BCUT2D eigenvalue weighted by Gasteiger charge is 2.35. The second-order valence-electron chi connectivity index (χ2n) is 3.91. The Hall–Kier alpha value is -0.713. The topological polar surface area (TPSA) is 60.7 Å². The van der Waals surface area contributed by atoms with Crippen LogP contribution in [0.4, 0.5) is 0 Å². The van der Waals surface area contributed by atoms with E-state index >= 15 is 0 Å². The minimum Gasteiger partial charge on any atom is -0.374 e. The van der Waals surface area contributed by atoms with Crippen molar-refractivity contribution >= 4 is 8.80 Å². The maximum Gasteiger partial charge on any atom is 0.528 e. The fourth-order valence-electron chi connectivity index (χ4n) is 1.16. The van der Waals surface area contributed by atoms with E-state index in [-0.39, 0.29) is 0 Å². The summed E-state index contributed by atoms with van der Waals surface area (Å²) in [6.45, 7) is 4.21. The van der Waals surface area contributed by atoms with Crippen molar-refractivity contribution in [1.82, 2.24) is 0 Å². The molecule has 0 rings (SSSR count). The van der Waals surface area contributed by atoms with Gasteiger partial charge in [-0.1, -0.05) is 6.08 Å². The van der Waals surface area contributed by atoms with Gasteiger partial charge in [-0.25, -0.2) is 0 Å². The molecule has 0 aliphatic rings. The average molecular weight is 259 g/mol. The predicted molar refractivity (Wildman–Crippen MR) is 66.2 cm³/mol. The first-order valence-electron chi connectivity index (χ1n) is 5.32. The van der Waals surface area contributed by atoms with Crippen LogP contribution in [0.15, 0.2) is 11.8 Å². The highest BCUT2D eigenvalue weighted by atomic mass is 28.4. The van der Waals surface area contributed by atoms with Gasteiger partial charge in [-0.15, -0.1) is 0 Å². The van der Waals surface area contributed by atoms with E-state index in [4.69, 9.17) is 23.3 Å². The first-order chi connectivity index (χ1) is 7.95. The van der Waals surface area contributed by atoms with Crippen LogP contribution < -0.4 is 0 Å². The highest BCUT2D eigenvalue weighted by molar-refractivity contribution is 6.66. The Morgan fingerprint density at radius 1 is 1.18 bits per heavy atom. The molecule has 0 N–H and O–H groups in total. The molecule has 0 radical (unpaired) electrons. The van der Waals surface area contributed by atoms with Crippen molar-refractivity contribution in [1.29, 1.82) is 5.26 Å². The number of hydrogen-bond acceptors (Lipinski definition) is 5. The first kappa shape index (κ1) is 16.3. The van der Waals surface area contributed by atoms with Gasteiger partial charge in [0.1, 0.15) is 0 Å². The third-order valence-electron chi connectivity index (χ3n) is 2.23. The minimum atomic E-state index is -2.70. The third kappa shape index (κ3) is 5.96. The molecule has 98 valence electrons. The van der Waals surface area contributed by atoms with Gasteiger partial charge in [0, 0.05) is 21.3 Å². The molecule has 0 aliphatic heterocycles. The molecule has 0 aromatic heterocycles. The Morgan fingerprint density at radius 2 is 1.71 bits per heavy atom. The van der Waals surface area contributed by atoms with Gasteiger partial charge in [0.25, 0.3) is 0 Å². The van der Waals surface area contributed by atoms with Crippen molar-refractivity contribution in [2.45, 2.75) is 25.9 Å². The van der Waals surface area contributed by atoms with Gasteiger partial charge in [0.2, 0.25) is 0 Å². The zero-order valence-corrected chi connectivity index (χ0v) is 12.1. The maximum atomic E-state index is 8.44. The Bertz CT molecular complexity index is 273. The van der Waals surface area contributed by atoms with Gasteiger partial charge >= 0.3 is 8.80 Å². The van der Waals surface area contributed by atoms with Crippen LogP contribution >= 0.6 is 0 Å². The molecule has 0 saturated carbocycles. The summed E-state index contributed by atoms with van der Waals surface area (Å²) < 4.78 is 21.3. The van der Waals surface area contributed by atoms with Crippen LogP contribution in [0.1, 0.15) is 20.3 Å². The zero-order valence-electron chi connectivity index (χ0n) is 11.1. The lowest BCUT2D eigenvalue weighted by molar-refractivity contribution is 0.0227. The van der Waals surface area contributed by atoms with E-state index in [1.54, 1.807) is 27.0 Å². The van der Waals surface area contributed by atoms with Crippen molar-refractivity contribution < 1.29 is 18.0 Å². The standard InChI is InChI=1S/C11H21NO4Si/c1-11(2,16-9-6-8-12)7-10-17(13-3,14-4)15-5/h7,10H,6,9H2,1-5H3. The van der Waals surface area contributed by atoms with Gasteiger partial charge in [0.05, 0.1) is 24.7 Å². The molecule has 5 nitrogen and oxygen atoms in total. The van der Waals surface area contributed by atoms with E-state index in [2.05, 4.69) is 0 Å². The summed E-state index contributed by atoms with van der Waals surface area (Å²) in [5.74, 6) is 0. The second-order valence-corrected chi connectivity index (χ2v) is 6.67. The zero-order chi connectivity index (χ0) is 13.4. The van der Waals surface area contributed by atoms with Crippen molar-refractivity contribution in [2.75, 3.05) is 27.9 Å².